The predicted octanol–water partition coefficient (Wildman–Crippen LogP) is 4.04. The summed E-state index contributed by atoms with van der Waals surface area (Å²) in [7, 11) is 5.04. The van der Waals surface area contributed by atoms with Gasteiger partial charge in [0.05, 0.1) is 56.0 Å². The highest BCUT2D eigenvalue weighted by molar-refractivity contribution is 9.09. The molecule has 0 amide bonds. The second kappa shape index (κ2) is 23.4. The van der Waals surface area contributed by atoms with Crippen LogP contribution in [0.5, 0.6) is 0 Å². The molecule has 0 aliphatic carbocycles. The van der Waals surface area contributed by atoms with Crippen LogP contribution < -0.4 is 0 Å². The summed E-state index contributed by atoms with van der Waals surface area (Å²) in [5.74, 6) is 2.44. The summed E-state index contributed by atoms with van der Waals surface area (Å²) in [6, 6.07) is 9.84. The molecule has 43 heavy (non-hydrogen) atoms. The number of terminal acetylenes is 2. The minimum atomic E-state index is -0.582. The molecule has 0 saturated carbocycles. The van der Waals surface area contributed by atoms with Crippen LogP contribution in [-0.4, -0.2) is 82.6 Å². The number of carbonyl (C=O) groups is 4. The first kappa shape index (κ1) is 38.8. The molecule has 0 aliphatic rings. The van der Waals surface area contributed by atoms with Gasteiger partial charge in [-0.3, -0.25) is 0 Å². The SMILES string of the molecule is C#CCBr.C#CCOCCCc1ccc(C(=O)OC)c(C(=O)OC)c1.COC(=O)c1ccc(CCCO)cc1C(=O)OC. The third-order valence-corrected chi connectivity index (χ3v) is 5.75. The number of halogens is 1. The standard InChI is InChI=1S/C16H18O5.C13H16O5.C3H3Br/c1-4-9-21-10-5-6-12-7-8-13(15(17)19-2)14(11-12)16(18)20-3;1-17-12(15)10-6-5-9(4-3-7-14)8-11(10)13(16)18-2;1-2-3-4/h1,7-8,11H,5-6,9-10H2,2-3H3;5-6,8,14H,3-4,7H2,1-2H3;1H,3H2. The summed E-state index contributed by atoms with van der Waals surface area (Å²) in [4.78, 5) is 46.5. The van der Waals surface area contributed by atoms with Gasteiger partial charge in [-0.2, -0.15) is 0 Å². The normalized spacial score (nSPS) is 9.40. The number of aryl methyl sites for hydroxylation is 2. The van der Waals surface area contributed by atoms with Crippen LogP contribution in [0.3, 0.4) is 0 Å². The molecule has 0 aliphatic heterocycles. The van der Waals surface area contributed by atoms with Crippen molar-refractivity contribution in [2.75, 3.05) is 53.6 Å². The number of methoxy groups -OCH3 is 4. The van der Waals surface area contributed by atoms with Crippen LogP contribution >= 0.6 is 15.9 Å². The molecule has 2 aromatic rings. The Morgan fingerprint density at radius 3 is 1.44 bits per heavy atom. The lowest BCUT2D eigenvalue weighted by molar-refractivity contribution is 0.0555. The van der Waals surface area contributed by atoms with E-state index in [1.807, 2.05) is 0 Å². The first-order chi connectivity index (χ1) is 20.7. The molecule has 0 atom stereocenters. The Balaban J connectivity index is 0.000000736. The summed E-state index contributed by atoms with van der Waals surface area (Å²) in [5.41, 5.74) is 2.52. The van der Waals surface area contributed by atoms with Crippen molar-refractivity contribution >= 4 is 39.8 Å². The monoisotopic (exact) mass is 660 g/mol. The summed E-state index contributed by atoms with van der Waals surface area (Å²) >= 11 is 3.01. The molecule has 11 heteroatoms. The van der Waals surface area contributed by atoms with Crippen LogP contribution in [0.15, 0.2) is 36.4 Å². The van der Waals surface area contributed by atoms with Crippen LogP contribution in [0, 0.1) is 24.7 Å². The molecular weight excluding hydrogens is 624 g/mol. The van der Waals surface area contributed by atoms with Crippen molar-refractivity contribution < 1.29 is 48.0 Å². The number of aliphatic hydroxyl groups excluding tert-OH is 1. The zero-order valence-corrected chi connectivity index (χ0v) is 26.4. The average molecular weight is 662 g/mol. The zero-order chi connectivity index (χ0) is 32.6. The summed E-state index contributed by atoms with van der Waals surface area (Å²) in [5, 5.41) is 9.43. The molecule has 0 radical (unpaired) electrons. The second-order valence-corrected chi connectivity index (χ2v) is 8.81. The van der Waals surface area contributed by atoms with Crippen molar-refractivity contribution in [3.05, 3.63) is 69.8 Å². The number of esters is 4. The summed E-state index contributed by atoms with van der Waals surface area (Å²) in [6.45, 7) is 0.900. The zero-order valence-electron chi connectivity index (χ0n) is 24.8. The van der Waals surface area contributed by atoms with Crippen LogP contribution in [0.25, 0.3) is 0 Å². The number of hydrogen-bond acceptors (Lipinski definition) is 10. The Bertz CT molecular complexity index is 1270. The molecular formula is C32H37BrO10. The van der Waals surface area contributed by atoms with Gasteiger partial charge in [0, 0.05) is 13.2 Å². The molecule has 0 heterocycles. The third-order valence-electron chi connectivity index (χ3n) is 5.43. The summed E-state index contributed by atoms with van der Waals surface area (Å²) < 4.78 is 23.8. The van der Waals surface area contributed by atoms with Gasteiger partial charge >= 0.3 is 23.9 Å². The second-order valence-electron chi connectivity index (χ2n) is 8.25. The van der Waals surface area contributed by atoms with Gasteiger partial charge < -0.3 is 28.8 Å². The Labute approximate surface area is 261 Å². The molecule has 1 N–H and O–H groups in total. The lowest BCUT2D eigenvalue weighted by Gasteiger charge is -2.09. The molecule has 232 valence electrons. The predicted molar refractivity (Wildman–Crippen MR) is 164 cm³/mol. The van der Waals surface area contributed by atoms with Crippen molar-refractivity contribution in [2.45, 2.75) is 25.7 Å². The van der Waals surface area contributed by atoms with E-state index < -0.39 is 23.9 Å². The highest BCUT2D eigenvalue weighted by Crippen LogP contribution is 2.17. The maximum absolute atomic E-state index is 11.7. The quantitative estimate of drug-likeness (QED) is 0.117. The van der Waals surface area contributed by atoms with Gasteiger partial charge in [0.25, 0.3) is 0 Å². The number of rotatable bonds is 12. The van der Waals surface area contributed by atoms with E-state index >= 15 is 0 Å². The summed E-state index contributed by atoms with van der Waals surface area (Å²) in [6.07, 6.45) is 12.5. The van der Waals surface area contributed by atoms with E-state index in [0.29, 0.717) is 31.2 Å². The minimum Gasteiger partial charge on any atom is -0.465 e. The van der Waals surface area contributed by atoms with Gasteiger partial charge in [-0.05, 0) is 61.1 Å². The van der Waals surface area contributed by atoms with Crippen LogP contribution in [0.2, 0.25) is 0 Å². The number of alkyl halides is 1. The molecule has 2 rings (SSSR count). The van der Waals surface area contributed by atoms with Gasteiger partial charge in [-0.25, -0.2) is 19.2 Å². The number of ether oxygens (including phenoxy) is 5. The molecule has 10 nitrogen and oxygen atoms in total. The van der Waals surface area contributed by atoms with E-state index in [1.54, 1.807) is 30.3 Å². The van der Waals surface area contributed by atoms with Crippen LogP contribution in [0.4, 0.5) is 0 Å². The van der Waals surface area contributed by atoms with E-state index in [-0.39, 0.29) is 35.5 Å². The Kier molecular flexibility index (Phi) is 21.1. The van der Waals surface area contributed by atoms with E-state index in [0.717, 1.165) is 17.5 Å². The maximum Gasteiger partial charge on any atom is 0.338 e. The molecule has 0 aromatic heterocycles. The van der Waals surface area contributed by atoms with Crippen LogP contribution in [0.1, 0.15) is 65.4 Å². The van der Waals surface area contributed by atoms with Crippen molar-refractivity contribution in [1.29, 1.82) is 0 Å². The van der Waals surface area contributed by atoms with Gasteiger partial charge in [0.2, 0.25) is 0 Å². The molecule has 0 bridgehead atoms. The number of aliphatic hydroxyl groups is 1. The van der Waals surface area contributed by atoms with Crippen molar-refractivity contribution in [3.63, 3.8) is 0 Å². The highest BCUT2D eigenvalue weighted by Gasteiger charge is 2.19. The Hall–Kier alpha value is -4.16. The highest BCUT2D eigenvalue weighted by atomic mass is 79.9. The first-order valence-electron chi connectivity index (χ1n) is 12.9. The van der Waals surface area contributed by atoms with Crippen LogP contribution in [-0.2, 0) is 36.5 Å². The Morgan fingerprint density at radius 1 is 0.698 bits per heavy atom. The molecule has 0 saturated heterocycles. The van der Waals surface area contributed by atoms with Gasteiger partial charge in [-0.15, -0.1) is 12.8 Å². The lowest BCUT2D eigenvalue weighted by atomic mass is 10.0. The number of carbonyl (C=O) groups excluding carboxylic acids is 4. The van der Waals surface area contributed by atoms with Gasteiger partial charge in [0.1, 0.15) is 6.61 Å². The molecule has 0 spiro atoms. The fourth-order valence-electron chi connectivity index (χ4n) is 3.42. The number of benzene rings is 2. The van der Waals surface area contributed by atoms with E-state index in [9.17, 15) is 19.2 Å². The van der Waals surface area contributed by atoms with Crippen molar-refractivity contribution in [2.24, 2.45) is 0 Å². The Morgan fingerprint density at radius 2 is 1.09 bits per heavy atom. The van der Waals surface area contributed by atoms with Gasteiger partial charge in [0.15, 0.2) is 0 Å². The average Bonchev–Trinajstić information content (AvgIpc) is 3.05. The topological polar surface area (TPSA) is 135 Å². The largest absolute Gasteiger partial charge is 0.465 e. The molecule has 2 aromatic carbocycles. The van der Waals surface area contributed by atoms with Crippen molar-refractivity contribution in [3.8, 4) is 24.7 Å². The third kappa shape index (κ3) is 14.5. The lowest BCUT2D eigenvalue weighted by Crippen LogP contribution is -2.12. The fraction of sp³-hybridized carbons (Fsp3) is 0.375. The van der Waals surface area contributed by atoms with E-state index in [4.69, 9.17) is 27.4 Å². The minimum absolute atomic E-state index is 0.0757. The maximum atomic E-state index is 11.7. The first-order valence-corrected chi connectivity index (χ1v) is 14.0. The molecule has 0 unspecified atom stereocenters. The van der Waals surface area contributed by atoms with Gasteiger partial charge in [-0.1, -0.05) is 39.9 Å². The number of hydrogen-bond donors (Lipinski definition) is 1. The van der Waals surface area contributed by atoms with E-state index in [1.165, 1.54) is 34.5 Å². The smallest absolute Gasteiger partial charge is 0.338 e. The van der Waals surface area contributed by atoms with E-state index in [2.05, 4.69) is 42.0 Å². The molecule has 0 fully saturated rings. The van der Waals surface area contributed by atoms with Crippen molar-refractivity contribution in [1.82, 2.24) is 0 Å². The fourth-order valence-corrected chi connectivity index (χ4v) is 3.42.